The Morgan fingerprint density at radius 1 is 1.18 bits per heavy atom. The van der Waals surface area contributed by atoms with E-state index in [0.717, 1.165) is 0 Å². The number of methoxy groups -OCH3 is 2. The molecule has 0 bridgehead atoms. The van der Waals surface area contributed by atoms with Gasteiger partial charge >= 0.3 is 0 Å². The van der Waals surface area contributed by atoms with Gasteiger partial charge in [-0.1, -0.05) is 0 Å². The fourth-order valence-corrected chi connectivity index (χ4v) is 5.94. The van der Waals surface area contributed by atoms with Gasteiger partial charge in [-0.2, -0.15) is 4.31 Å². The highest BCUT2D eigenvalue weighted by Crippen LogP contribution is 2.38. The van der Waals surface area contributed by atoms with Crippen LogP contribution in [0.3, 0.4) is 0 Å². The zero-order valence-electron chi connectivity index (χ0n) is 19.1. The van der Waals surface area contributed by atoms with Crippen LogP contribution >= 0.6 is 0 Å². The zero-order valence-corrected chi connectivity index (χ0v) is 19.9. The van der Waals surface area contributed by atoms with Crippen molar-refractivity contribution in [2.45, 2.75) is 55.7 Å². The summed E-state index contributed by atoms with van der Waals surface area (Å²) in [4.78, 5) is 16.9. The van der Waals surface area contributed by atoms with Gasteiger partial charge in [-0.15, -0.1) is 0 Å². The van der Waals surface area contributed by atoms with E-state index in [1.165, 1.54) is 23.5 Å². The molecule has 1 aliphatic rings. The molecule has 0 spiro atoms. The van der Waals surface area contributed by atoms with Crippen LogP contribution in [0.5, 0.6) is 5.75 Å². The maximum absolute atomic E-state index is 13.8. The number of carbonyl (C=O) groups is 1. The topological polar surface area (TPSA) is 118 Å². The van der Waals surface area contributed by atoms with E-state index >= 15 is 0 Å². The summed E-state index contributed by atoms with van der Waals surface area (Å²) < 4.78 is 39.5. The molecule has 1 aromatic heterocycles. The van der Waals surface area contributed by atoms with Gasteiger partial charge in [0.15, 0.2) is 0 Å². The third-order valence-electron chi connectivity index (χ3n) is 6.47. The molecule has 2 N–H and O–H groups in total. The first-order chi connectivity index (χ1) is 15.7. The number of benzene rings is 1. The standard InChI is InChI=1S/C23H31N3O6S/c1-23(32-3)12-8-18(9-13-23)21(22(27)25-28)26(16-17-10-14-24-15-11-17)33(29,30)20-6-4-19(31-2)5-7-20/h4-7,10-11,14-15,18,21,28H,8-9,12-13,16H2,1-3H3,(H,25,27)/t18?,21-,23?/m1/s1. The minimum atomic E-state index is -4.11. The second-order valence-electron chi connectivity index (χ2n) is 8.49. The predicted molar refractivity (Wildman–Crippen MR) is 121 cm³/mol. The lowest BCUT2D eigenvalue weighted by Gasteiger charge is -2.41. The molecule has 1 aromatic carbocycles. The highest BCUT2D eigenvalue weighted by Gasteiger charge is 2.44. The summed E-state index contributed by atoms with van der Waals surface area (Å²) in [7, 11) is -0.955. The van der Waals surface area contributed by atoms with Gasteiger partial charge in [-0.25, -0.2) is 13.9 Å². The quantitative estimate of drug-likeness (QED) is 0.421. The monoisotopic (exact) mass is 477 g/mol. The first-order valence-electron chi connectivity index (χ1n) is 10.8. The normalized spacial score (nSPS) is 22.0. The van der Waals surface area contributed by atoms with Gasteiger partial charge in [-0.05, 0) is 80.5 Å². The van der Waals surface area contributed by atoms with Crippen LogP contribution < -0.4 is 10.2 Å². The average Bonchev–Trinajstić information content (AvgIpc) is 2.85. The Morgan fingerprint density at radius 3 is 2.30 bits per heavy atom. The number of aromatic nitrogens is 1. The van der Waals surface area contributed by atoms with Crippen LogP contribution in [-0.2, 0) is 26.1 Å². The van der Waals surface area contributed by atoms with Crippen LogP contribution in [0.2, 0.25) is 0 Å². The molecule has 0 saturated heterocycles. The van der Waals surface area contributed by atoms with E-state index < -0.39 is 22.0 Å². The Bertz CT molecular complexity index is 1020. The number of hydrogen-bond donors (Lipinski definition) is 2. The fraction of sp³-hybridized carbons (Fsp3) is 0.478. The molecule has 10 heteroatoms. The number of nitrogens with zero attached hydrogens (tertiary/aromatic N) is 2. The van der Waals surface area contributed by atoms with Crippen LogP contribution in [0.1, 0.15) is 38.2 Å². The number of ether oxygens (including phenoxy) is 2. The number of hydroxylamine groups is 1. The Hall–Kier alpha value is -2.53. The van der Waals surface area contributed by atoms with Crippen molar-refractivity contribution in [2.75, 3.05) is 14.2 Å². The number of pyridine rings is 1. The molecule has 3 rings (SSSR count). The minimum absolute atomic E-state index is 0.0330. The van der Waals surface area contributed by atoms with E-state index in [2.05, 4.69) is 4.98 Å². The average molecular weight is 478 g/mol. The third kappa shape index (κ3) is 5.70. The maximum Gasteiger partial charge on any atom is 0.262 e. The SMILES string of the molecule is COc1ccc(S(=O)(=O)N(Cc2ccncc2)[C@@H](C(=O)NO)C2CCC(C)(OC)CC2)cc1. The Labute approximate surface area is 194 Å². The Morgan fingerprint density at radius 2 is 1.79 bits per heavy atom. The summed E-state index contributed by atoms with van der Waals surface area (Å²) >= 11 is 0. The Balaban J connectivity index is 2.03. The van der Waals surface area contributed by atoms with Crippen LogP contribution in [0.25, 0.3) is 0 Å². The lowest BCUT2D eigenvalue weighted by molar-refractivity contribution is -0.136. The molecule has 1 aliphatic carbocycles. The molecule has 1 amide bonds. The van der Waals surface area contributed by atoms with Gasteiger partial charge in [-0.3, -0.25) is 15.0 Å². The van der Waals surface area contributed by atoms with Crippen molar-refractivity contribution in [1.82, 2.24) is 14.8 Å². The van der Waals surface area contributed by atoms with Gasteiger partial charge < -0.3 is 9.47 Å². The number of carbonyl (C=O) groups excluding carboxylic acids is 1. The van der Waals surface area contributed by atoms with Gasteiger partial charge in [0.2, 0.25) is 10.0 Å². The predicted octanol–water partition coefficient (Wildman–Crippen LogP) is 2.75. The summed E-state index contributed by atoms with van der Waals surface area (Å²) in [6.07, 6.45) is 5.64. The molecule has 0 radical (unpaired) electrons. The lowest BCUT2D eigenvalue weighted by Crippen LogP contribution is -2.53. The number of amides is 1. The lowest BCUT2D eigenvalue weighted by atomic mass is 9.76. The van der Waals surface area contributed by atoms with Crippen molar-refractivity contribution in [3.05, 3.63) is 54.4 Å². The Kier molecular flexibility index (Phi) is 8.06. The van der Waals surface area contributed by atoms with Crippen molar-refractivity contribution in [1.29, 1.82) is 0 Å². The molecule has 1 atom stereocenters. The molecule has 0 unspecified atom stereocenters. The zero-order chi connectivity index (χ0) is 24.1. The molecule has 1 saturated carbocycles. The van der Waals surface area contributed by atoms with Crippen molar-refractivity contribution in [2.24, 2.45) is 5.92 Å². The van der Waals surface area contributed by atoms with Crippen LogP contribution in [0.4, 0.5) is 0 Å². The van der Waals surface area contributed by atoms with Crippen LogP contribution in [-0.4, -0.2) is 54.7 Å². The van der Waals surface area contributed by atoms with Crippen molar-refractivity contribution >= 4 is 15.9 Å². The number of nitrogens with one attached hydrogen (secondary N) is 1. The number of hydrogen-bond acceptors (Lipinski definition) is 7. The first-order valence-corrected chi connectivity index (χ1v) is 12.2. The summed E-state index contributed by atoms with van der Waals surface area (Å²) in [5, 5.41) is 9.53. The van der Waals surface area contributed by atoms with E-state index in [0.29, 0.717) is 37.0 Å². The van der Waals surface area contributed by atoms with Crippen molar-refractivity contribution in [3.8, 4) is 5.75 Å². The summed E-state index contributed by atoms with van der Waals surface area (Å²) in [6, 6.07) is 8.32. The molecule has 2 aromatic rings. The molecule has 33 heavy (non-hydrogen) atoms. The molecular formula is C23H31N3O6S. The van der Waals surface area contributed by atoms with E-state index in [1.807, 2.05) is 6.92 Å². The fourth-order valence-electron chi connectivity index (χ4n) is 4.30. The number of rotatable bonds is 9. The van der Waals surface area contributed by atoms with Gasteiger partial charge in [0.1, 0.15) is 11.8 Å². The molecule has 1 fully saturated rings. The third-order valence-corrected chi connectivity index (χ3v) is 8.31. The van der Waals surface area contributed by atoms with Crippen molar-refractivity contribution < 1.29 is 27.9 Å². The highest BCUT2D eigenvalue weighted by molar-refractivity contribution is 7.89. The van der Waals surface area contributed by atoms with E-state index in [9.17, 15) is 18.4 Å². The van der Waals surface area contributed by atoms with E-state index in [-0.39, 0.29) is 23.0 Å². The minimum Gasteiger partial charge on any atom is -0.497 e. The maximum atomic E-state index is 13.8. The van der Waals surface area contributed by atoms with Gasteiger partial charge in [0.25, 0.3) is 5.91 Å². The molecule has 1 heterocycles. The second-order valence-corrected chi connectivity index (χ2v) is 10.4. The van der Waals surface area contributed by atoms with Gasteiger partial charge in [0.05, 0.1) is 17.6 Å². The summed E-state index contributed by atoms with van der Waals surface area (Å²) in [5.41, 5.74) is 2.05. The van der Waals surface area contributed by atoms with Gasteiger partial charge in [0, 0.05) is 26.0 Å². The first kappa shape index (κ1) is 25.1. The smallest absolute Gasteiger partial charge is 0.262 e. The van der Waals surface area contributed by atoms with Crippen molar-refractivity contribution in [3.63, 3.8) is 0 Å². The molecule has 0 aliphatic heterocycles. The summed E-state index contributed by atoms with van der Waals surface area (Å²) in [5.74, 6) is -0.534. The largest absolute Gasteiger partial charge is 0.497 e. The summed E-state index contributed by atoms with van der Waals surface area (Å²) in [6.45, 7) is 1.96. The van der Waals surface area contributed by atoms with E-state index in [4.69, 9.17) is 9.47 Å². The van der Waals surface area contributed by atoms with Crippen LogP contribution in [0.15, 0.2) is 53.7 Å². The van der Waals surface area contributed by atoms with Crippen LogP contribution in [0, 0.1) is 5.92 Å². The highest BCUT2D eigenvalue weighted by atomic mass is 32.2. The molecule has 180 valence electrons. The second kappa shape index (κ2) is 10.6. The van der Waals surface area contributed by atoms with E-state index in [1.54, 1.807) is 49.2 Å². The molecular weight excluding hydrogens is 446 g/mol. The molecule has 9 nitrogen and oxygen atoms in total. The number of sulfonamides is 1.